The highest BCUT2D eigenvalue weighted by atomic mass is 32.2. The maximum absolute atomic E-state index is 8.68. The molecule has 0 saturated heterocycles. The number of oxime groups is 1. The molecule has 0 radical (unpaired) electrons. The second kappa shape index (κ2) is 6.12. The summed E-state index contributed by atoms with van der Waals surface area (Å²) in [6.45, 7) is 0.741. The fraction of sp³-hybridized carbons (Fsp3) is 0.571. The van der Waals surface area contributed by atoms with E-state index in [1.54, 1.807) is 18.8 Å². The molecule has 3 N–H and O–H groups in total. The molecule has 0 aliphatic rings. The summed E-state index contributed by atoms with van der Waals surface area (Å²) >= 11 is 1.71. The summed E-state index contributed by atoms with van der Waals surface area (Å²) in [5.41, 5.74) is 0.362. The average molecular weight is 231 g/mol. The molecule has 0 fully saturated rings. The van der Waals surface area contributed by atoms with Crippen LogP contribution in [0.15, 0.2) is 9.78 Å². The zero-order chi connectivity index (χ0) is 11.1. The van der Waals surface area contributed by atoms with Crippen LogP contribution < -0.4 is 10.6 Å². The van der Waals surface area contributed by atoms with Crippen molar-refractivity contribution in [1.29, 1.82) is 0 Å². The summed E-state index contributed by atoms with van der Waals surface area (Å²) in [5.74, 6) is 1.62. The Balaban J connectivity index is 2.68. The molecule has 84 valence electrons. The lowest BCUT2D eigenvalue weighted by Crippen LogP contribution is -2.21. The Morgan fingerprint density at radius 3 is 3.00 bits per heavy atom. The van der Waals surface area contributed by atoms with Gasteiger partial charge in [0.1, 0.15) is 0 Å². The molecule has 0 atom stereocenters. The van der Waals surface area contributed by atoms with Gasteiger partial charge in [0.15, 0.2) is 11.5 Å². The number of nitrogens with zero attached hydrogens (tertiary/aromatic N) is 3. The number of rotatable bonds is 5. The quantitative estimate of drug-likeness (QED) is 0.219. The van der Waals surface area contributed by atoms with Gasteiger partial charge in [0, 0.05) is 19.3 Å². The third-order valence-corrected chi connectivity index (χ3v) is 2.26. The van der Waals surface area contributed by atoms with Crippen molar-refractivity contribution in [3.63, 3.8) is 0 Å². The molecule has 0 amide bonds. The van der Waals surface area contributed by atoms with E-state index in [-0.39, 0.29) is 5.84 Å². The molecular weight excluding hydrogens is 218 g/mol. The van der Waals surface area contributed by atoms with Crippen LogP contribution in [0.3, 0.4) is 0 Å². The van der Waals surface area contributed by atoms with Crippen LogP contribution in [0, 0.1) is 0 Å². The van der Waals surface area contributed by atoms with Crippen molar-refractivity contribution < 1.29 is 9.84 Å². The van der Waals surface area contributed by atoms with Crippen molar-refractivity contribution in [2.45, 2.75) is 0 Å². The summed E-state index contributed by atoms with van der Waals surface area (Å²) in [5, 5.41) is 24.7. The highest BCUT2D eigenvalue weighted by molar-refractivity contribution is 7.98. The predicted molar refractivity (Wildman–Crippen MR) is 58.6 cm³/mol. The summed E-state index contributed by atoms with van der Waals surface area (Å²) in [4.78, 5) is 0. The van der Waals surface area contributed by atoms with Gasteiger partial charge < -0.3 is 15.8 Å². The van der Waals surface area contributed by atoms with Crippen LogP contribution in [0.4, 0.5) is 5.82 Å². The van der Waals surface area contributed by atoms with E-state index in [1.807, 2.05) is 6.26 Å². The number of thioether (sulfide) groups is 1. The van der Waals surface area contributed by atoms with Gasteiger partial charge in [-0.05, 0) is 16.6 Å². The Kier molecular flexibility index (Phi) is 4.75. The molecule has 0 aliphatic carbocycles. The molecule has 1 heterocycles. The van der Waals surface area contributed by atoms with Crippen molar-refractivity contribution in [2.24, 2.45) is 5.16 Å². The van der Waals surface area contributed by atoms with Crippen LogP contribution >= 0.6 is 11.8 Å². The largest absolute Gasteiger partial charge is 0.409 e. The van der Waals surface area contributed by atoms with Crippen molar-refractivity contribution in [3.8, 4) is 0 Å². The Labute approximate surface area is 91.3 Å². The maximum Gasteiger partial charge on any atom is 0.202 e. The topological polar surface area (TPSA) is 95.6 Å². The molecule has 1 rings (SSSR count). The maximum atomic E-state index is 8.68. The normalized spacial score (nSPS) is 11.5. The van der Waals surface area contributed by atoms with E-state index >= 15 is 0 Å². The number of hydrogen-bond donors (Lipinski definition) is 3. The van der Waals surface area contributed by atoms with Crippen LogP contribution in [0.5, 0.6) is 0 Å². The van der Waals surface area contributed by atoms with Gasteiger partial charge in [0.05, 0.1) is 0 Å². The molecule has 15 heavy (non-hydrogen) atoms. The van der Waals surface area contributed by atoms with Crippen LogP contribution in [0.25, 0.3) is 0 Å². The highest BCUT2D eigenvalue weighted by Crippen LogP contribution is 2.09. The first-order valence-electron chi connectivity index (χ1n) is 4.29. The van der Waals surface area contributed by atoms with E-state index in [1.165, 1.54) is 0 Å². The van der Waals surface area contributed by atoms with Gasteiger partial charge >= 0.3 is 0 Å². The zero-order valence-electron chi connectivity index (χ0n) is 8.52. The molecule has 0 aromatic carbocycles. The van der Waals surface area contributed by atoms with Gasteiger partial charge in [-0.2, -0.15) is 11.8 Å². The van der Waals surface area contributed by atoms with Crippen LogP contribution in [0.2, 0.25) is 0 Å². The highest BCUT2D eigenvalue weighted by Gasteiger charge is 2.15. The fourth-order valence-electron chi connectivity index (χ4n) is 0.947. The first-order valence-corrected chi connectivity index (χ1v) is 5.68. The Hall–Kier alpha value is -1.44. The summed E-state index contributed by atoms with van der Waals surface area (Å²) < 4.78 is 4.56. The molecule has 1 aromatic heterocycles. The van der Waals surface area contributed by atoms with Crippen molar-refractivity contribution in [1.82, 2.24) is 15.6 Å². The van der Waals surface area contributed by atoms with Gasteiger partial charge in [-0.3, -0.25) is 0 Å². The standard InChI is InChI=1S/C7H13N5O2S/c1-8-6(10-13)5-7(12-14-11-5)9-3-4-15-2/h13H,3-4H2,1-2H3,(H,8,10)(H,9,12). The predicted octanol–water partition coefficient (Wildman–Crippen LogP) is 0.200. The van der Waals surface area contributed by atoms with Gasteiger partial charge in [0.2, 0.25) is 5.82 Å². The van der Waals surface area contributed by atoms with Gasteiger partial charge in [-0.15, -0.1) is 0 Å². The van der Waals surface area contributed by atoms with E-state index < -0.39 is 0 Å². The van der Waals surface area contributed by atoms with E-state index in [9.17, 15) is 0 Å². The van der Waals surface area contributed by atoms with Crippen molar-refractivity contribution in [2.75, 3.05) is 30.9 Å². The molecule has 8 heteroatoms. The summed E-state index contributed by atoms with van der Waals surface area (Å²) in [6, 6.07) is 0. The Morgan fingerprint density at radius 2 is 2.40 bits per heavy atom. The molecule has 7 nitrogen and oxygen atoms in total. The second-order valence-electron chi connectivity index (χ2n) is 2.58. The van der Waals surface area contributed by atoms with Gasteiger partial charge in [0.25, 0.3) is 0 Å². The number of nitrogens with one attached hydrogen (secondary N) is 2. The average Bonchev–Trinajstić information content (AvgIpc) is 2.69. The lowest BCUT2D eigenvalue weighted by atomic mass is 10.4. The molecule has 0 saturated carbocycles. The molecule has 0 spiro atoms. The second-order valence-corrected chi connectivity index (χ2v) is 3.57. The SMILES string of the molecule is CN/C(=N\O)c1nonc1NCCSC. The van der Waals surface area contributed by atoms with Gasteiger partial charge in [-0.25, -0.2) is 4.63 Å². The molecule has 0 bridgehead atoms. The lowest BCUT2D eigenvalue weighted by molar-refractivity contribution is 0.304. The molecule has 1 aromatic rings. The van der Waals surface area contributed by atoms with Crippen LogP contribution in [0.1, 0.15) is 5.69 Å². The first kappa shape index (κ1) is 11.6. The zero-order valence-corrected chi connectivity index (χ0v) is 9.34. The Morgan fingerprint density at radius 1 is 1.60 bits per heavy atom. The number of amidine groups is 1. The van der Waals surface area contributed by atoms with Crippen LogP contribution in [-0.2, 0) is 0 Å². The minimum absolute atomic E-state index is 0.211. The molecular formula is C7H13N5O2S. The Bertz CT molecular complexity index is 327. The van der Waals surface area contributed by atoms with Crippen molar-refractivity contribution >= 4 is 23.4 Å². The number of hydrogen-bond acceptors (Lipinski definition) is 7. The van der Waals surface area contributed by atoms with Crippen LogP contribution in [-0.4, -0.2) is 47.0 Å². The van der Waals surface area contributed by atoms with E-state index in [0.717, 1.165) is 12.3 Å². The minimum atomic E-state index is 0.211. The molecule has 0 aliphatic heterocycles. The summed E-state index contributed by atoms with van der Waals surface area (Å²) in [7, 11) is 1.62. The fourth-order valence-corrected chi connectivity index (χ4v) is 1.25. The van der Waals surface area contributed by atoms with E-state index in [2.05, 4.69) is 30.7 Å². The lowest BCUT2D eigenvalue weighted by Gasteiger charge is -2.02. The first-order chi connectivity index (χ1) is 7.33. The third kappa shape index (κ3) is 3.01. The molecule has 0 unspecified atom stereocenters. The smallest absolute Gasteiger partial charge is 0.202 e. The summed E-state index contributed by atoms with van der Waals surface area (Å²) in [6.07, 6.45) is 2.01. The van der Waals surface area contributed by atoms with Crippen molar-refractivity contribution in [3.05, 3.63) is 5.69 Å². The number of aromatic nitrogens is 2. The van der Waals surface area contributed by atoms with Gasteiger partial charge in [-0.1, -0.05) is 5.16 Å². The third-order valence-electron chi connectivity index (χ3n) is 1.65. The van der Waals surface area contributed by atoms with E-state index in [4.69, 9.17) is 5.21 Å². The monoisotopic (exact) mass is 231 g/mol. The van der Waals surface area contributed by atoms with E-state index in [0.29, 0.717) is 11.5 Å². The number of anilines is 1. The minimum Gasteiger partial charge on any atom is -0.409 e.